The number of hydrogen-bond acceptors (Lipinski definition) is 2. The number of benzene rings is 1. The second-order valence-electron chi connectivity index (χ2n) is 5.00. The van der Waals surface area contributed by atoms with E-state index in [1.807, 2.05) is 19.9 Å². The first-order valence-electron chi connectivity index (χ1n) is 6.84. The van der Waals surface area contributed by atoms with Gasteiger partial charge in [0.05, 0.1) is 11.8 Å². The highest BCUT2D eigenvalue weighted by Gasteiger charge is 2.30. The van der Waals surface area contributed by atoms with Crippen molar-refractivity contribution in [2.45, 2.75) is 32.5 Å². The molecular weight excluding hydrogens is 279 g/mol. The first-order valence-corrected chi connectivity index (χ1v) is 6.84. The molecule has 1 atom stereocenters. The van der Waals surface area contributed by atoms with E-state index in [0.717, 1.165) is 35.6 Å². The molecule has 1 heterocycles. The molecule has 1 aromatic heterocycles. The topological polar surface area (TPSA) is 25.2 Å². The average Bonchev–Trinajstić information content (AvgIpc) is 2.84. The fraction of sp³-hybridized carbons (Fsp3) is 0.375. The Kier molecular flexibility index (Phi) is 4.73. The van der Waals surface area contributed by atoms with E-state index < -0.39 is 11.7 Å². The van der Waals surface area contributed by atoms with Gasteiger partial charge in [-0.25, -0.2) is 0 Å². The van der Waals surface area contributed by atoms with Crippen molar-refractivity contribution < 1.29 is 17.6 Å². The lowest BCUT2D eigenvalue weighted by Gasteiger charge is -2.17. The fourth-order valence-electron chi connectivity index (χ4n) is 2.27. The van der Waals surface area contributed by atoms with Gasteiger partial charge in [0.1, 0.15) is 5.76 Å². The fourth-order valence-corrected chi connectivity index (χ4v) is 2.27. The minimum absolute atomic E-state index is 0.0317. The highest BCUT2D eigenvalue weighted by atomic mass is 19.4. The largest absolute Gasteiger partial charge is 0.469 e. The lowest BCUT2D eigenvalue weighted by atomic mass is 9.99. The monoisotopic (exact) mass is 297 g/mol. The molecule has 1 unspecified atom stereocenters. The predicted molar refractivity (Wildman–Crippen MR) is 75.0 cm³/mol. The van der Waals surface area contributed by atoms with E-state index in [1.54, 1.807) is 6.26 Å². The van der Waals surface area contributed by atoms with E-state index in [9.17, 15) is 13.2 Å². The van der Waals surface area contributed by atoms with Gasteiger partial charge in [0, 0.05) is 11.6 Å². The Morgan fingerprint density at radius 1 is 1.19 bits per heavy atom. The van der Waals surface area contributed by atoms with Gasteiger partial charge in [-0.1, -0.05) is 19.1 Å². The highest BCUT2D eigenvalue weighted by Crippen LogP contribution is 2.30. The number of furan rings is 1. The zero-order valence-electron chi connectivity index (χ0n) is 12.0. The maximum atomic E-state index is 12.5. The van der Waals surface area contributed by atoms with Gasteiger partial charge in [-0.2, -0.15) is 13.2 Å². The Morgan fingerprint density at radius 3 is 2.33 bits per heavy atom. The van der Waals surface area contributed by atoms with Crippen LogP contribution in [0.15, 0.2) is 41.0 Å². The van der Waals surface area contributed by atoms with Gasteiger partial charge in [-0.05, 0) is 43.7 Å². The van der Waals surface area contributed by atoms with Crippen LogP contribution in [-0.2, 0) is 12.6 Å². The highest BCUT2D eigenvalue weighted by molar-refractivity contribution is 5.27. The van der Waals surface area contributed by atoms with Crippen molar-refractivity contribution in [3.63, 3.8) is 0 Å². The summed E-state index contributed by atoms with van der Waals surface area (Å²) in [7, 11) is 0. The smallest absolute Gasteiger partial charge is 0.416 e. The molecular formula is C16H18F3NO. The number of likely N-dealkylation sites (N-methyl/N-ethyl adjacent to an activating group) is 1. The van der Waals surface area contributed by atoms with Crippen LogP contribution in [0, 0.1) is 6.92 Å². The molecule has 0 saturated heterocycles. The molecule has 2 rings (SSSR count). The number of alkyl halides is 3. The van der Waals surface area contributed by atoms with Gasteiger partial charge >= 0.3 is 6.18 Å². The van der Waals surface area contributed by atoms with Gasteiger partial charge in [0.15, 0.2) is 0 Å². The van der Waals surface area contributed by atoms with Crippen molar-refractivity contribution in [1.29, 1.82) is 0 Å². The molecule has 2 nitrogen and oxygen atoms in total. The van der Waals surface area contributed by atoms with Crippen LogP contribution in [-0.4, -0.2) is 6.54 Å². The average molecular weight is 297 g/mol. The summed E-state index contributed by atoms with van der Waals surface area (Å²) in [5, 5.41) is 3.32. The van der Waals surface area contributed by atoms with Crippen LogP contribution in [0.5, 0.6) is 0 Å². The van der Waals surface area contributed by atoms with Gasteiger partial charge in [-0.15, -0.1) is 0 Å². The van der Waals surface area contributed by atoms with Crippen LogP contribution in [0.4, 0.5) is 13.2 Å². The third kappa shape index (κ3) is 4.11. The molecule has 0 aliphatic heterocycles. The zero-order valence-corrected chi connectivity index (χ0v) is 12.0. The zero-order chi connectivity index (χ0) is 15.5. The maximum Gasteiger partial charge on any atom is 0.416 e. The standard InChI is InChI=1S/C16H18F3NO/c1-3-20-15(13-8-11(2)21-10-13)9-12-4-6-14(7-5-12)16(17,18)19/h4-8,10,15,20H,3,9H2,1-2H3. The Labute approximate surface area is 122 Å². The first-order chi connectivity index (χ1) is 9.90. The van der Waals surface area contributed by atoms with E-state index in [-0.39, 0.29) is 6.04 Å². The second-order valence-corrected chi connectivity index (χ2v) is 5.00. The first kappa shape index (κ1) is 15.6. The Hall–Kier alpha value is -1.75. The number of halogens is 3. The Bertz CT molecular complexity index is 572. The van der Waals surface area contributed by atoms with Crippen molar-refractivity contribution >= 4 is 0 Å². The van der Waals surface area contributed by atoms with Gasteiger partial charge < -0.3 is 9.73 Å². The van der Waals surface area contributed by atoms with Gasteiger partial charge in [-0.3, -0.25) is 0 Å². The van der Waals surface area contributed by atoms with E-state index in [4.69, 9.17) is 4.42 Å². The minimum atomic E-state index is -4.29. The Balaban J connectivity index is 2.14. The summed E-state index contributed by atoms with van der Waals surface area (Å²) >= 11 is 0. The number of hydrogen-bond donors (Lipinski definition) is 1. The van der Waals surface area contributed by atoms with Crippen LogP contribution in [0.3, 0.4) is 0 Å². The van der Waals surface area contributed by atoms with Crippen LogP contribution < -0.4 is 5.32 Å². The normalized spacial score (nSPS) is 13.4. The van der Waals surface area contributed by atoms with Crippen molar-refractivity contribution in [3.05, 3.63) is 59.0 Å². The molecule has 2 aromatic rings. The van der Waals surface area contributed by atoms with E-state index in [1.165, 1.54) is 12.1 Å². The molecule has 5 heteroatoms. The summed E-state index contributed by atoms with van der Waals surface area (Å²) in [5.74, 6) is 0.820. The molecule has 0 aliphatic carbocycles. The lowest BCUT2D eigenvalue weighted by molar-refractivity contribution is -0.137. The quantitative estimate of drug-likeness (QED) is 0.879. The number of aryl methyl sites for hydroxylation is 1. The molecule has 114 valence electrons. The summed E-state index contributed by atoms with van der Waals surface area (Å²) in [6.07, 6.45) is -1.99. The summed E-state index contributed by atoms with van der Waals surface area (Å²) in [4.78, 5) is 0. The van der Waals surface area contributed by atoms with Crippen molar-refractivity contribution in [2.24, 2.45) is 0 Å². The van der Waals surface area contributed by atoms with E-state index in [0.29, 0.717) is 6.42 Å². The lowest BCUT2D eigenvalue weighted by Crippen LogP contribution is -2.22. The molecule has 0 fully saturated rings. The van der Waals surface area contributed by atoms with E-state index >= 15 is 0 Å². The molecule has 0 amide bonds. The van der Waals surface area contributed by atoms with Crippen molar-refractivity contribution in [2.75, 3.05) is 6.54 Å². The third-order valence-corrected chi connectivity index (χ3v) is 3.32. The summed E-state index contributed by atoms with van der Waals surface area (Å²) < 4.78 is 42.9. The molecule has 0 radical (unpaired) electrons. The van der Waals surface area contributed by atoms with E-state index in [2.05, 4.69) is 5.32 Å². The summed E-state index contributed by atoms with van der Waals surface area (Å²) in [5.41, 5.74) is 1.24. The maximum absolute atomic E-state index is 12.5. The van der Waals surface area contributed by atoms with Crippen molar-refractivity contribution in [1.82, 2.24) is 5.32 Å². The molecule has 0 spiro atoms. The second kappa shape index (κ2) is 6.35. The predicted octanol–water partition coefficient (Wildman–Crippen LogP) is 4.50. The molecule has 0 bridgehead atoms. The molecule has 1 N–H and O–H groups in total. The minimum Gasteiger partial charge on any atom is -0.469 e. The van der Waals surface area contributed by atoms with Crippen LogP contribution in [0.25, 0.3) is 0 Å². The summed E-state index contributed by atoms with van der Waals surface area (Å²) in [6.45, 7) is 4.63. The number of rotatable bonds is 5. The summed E-state index contributed by atoms with van der Waals surface area (Å²) in [6, 6.07) is 7.28. The Morgan fingerprint density at radius 2 is 1.86 bits per heavy atom. The molecule has 0 aliphatic rings. The molecule has 0 saturated carbocycles. The molecule has 1 aromatic carbocycles. The van der Waals surface area contributed by atoms with Crippen LogP contribution in [0.2, 0.25) is 0 Å². The molecule has 21 heavy (non-hydrogen) atoms. The van der Waals surface area contributed by atoms with Gasteiger partial charge in [0.25, 0.3) is 0 Å². The van der Waals surface area contributed by atoms with Crippen LogP contribution in [0.1, 0.15) is 35.4 Å². The van der Waals surface area contributed by atoms with Crippen LogP contribution >= 0.6 is 0 Å². The van der Waals surface area contributed by atoms with Gasteiger partial charge in [0.2, 0.25) is 0 Å². The third-order valence-electron chi connectivity index (χ3n) is 3.32. The SMILES string of the molecule is CCNC(Cc1ccc(C(F)(F)F)cc1)c1coc(C)c1. The number of nitrogens with one attached hydrogen (secondary N) is 1. The van der Waals surface area contributed by atoms with Crippen molar-refractivity contribution in [3.8, 4) is 0 Å².